The van der Waals surface area contributed by atoms with Crippen LogP contribution in [0.3, 0.4) is 0 Å². The maximum atomic E-state index is 14.5. The molecule has 10 heteroatoms. The van der Waals surface area contributed by atoms with Gasteiger partial charge in [0.15, 0.2) is 0 Å². The van der Waals surface area contributed by atoms with Gasteiger partial charge in [0.05, 0.1) is 10.6 Å². The van der Waals surface area contributed by atoms with Crippen molar-refractivity contribution in [3.63, 3.8) is 0 Å². The highest BCUT2D eigenvalue weighted by atomic mass is 35.5. The molecular weight excluding hydrogens is 617 g/mol. The lowest BCUT2D eigenvalue weighted by molar-refractivity contribution is -0.140. The highest BCUT2D eigenvalue weighted by molar-refractivity contribution is 7.92. The Labute approximate surface area is 269 Å². The van der Waals surface area contributed by atoms with Gasteiger partial charge in [0, 0.05) is 29.6 Å². The Morgan fingerprint density at radius 1 is 0.864 bits per heavy atom. The first kappa shape index (κ1) is 33.1. The molecule has 0 bridgehead atoms. The van der Waals surface area contributed by atoms with Crippen molar-refractivity contribution in [3.05, 3.63) is 129 Å². The molecule has 4 aromatic carbocycles. The first-order valence-corrected chi connectivity index (χ1v) is 16.4. The second-order valence-electron chi connectivity index (χ2n) is 10.4. The van der Waals surface area contributed by atoms with Crippen molar-refractivity contribution in [1.82, 2.24) is 10.2 Å². The second kappa shape index (κ2) is 14.8. The number of sulfonamides is 1. The van der Waals surface area contributed by atoms with E-state index in [9.17, 15) is 18.0 Å². The van der Waals surface area contributed by atoms with Gasteiger partial charge in [-0.05, 0) is 73.4 Å². The second-order valence-corrected chi connectivity index (χ2v) is 13.1. The maximum absolute atomic E-state index is 14.5. The zero-order valence-corrected chi connectivity index (χ0v) is 27.2. The molecule has 0 aliphatic heterocycles. The molecule has 0 saturated heterocycles. The summed E-state index contributed by atoms with van der Waals surface area (Å²) in [7, 11) is -4.18. The van der Waals surface area contributed by atoms with E-state index in [2.05, 4.69) is 5.32 Å². The topological polar surface area (TPSA) is 86.8 Å². The fourth-order valence-electron chi connectivity index (χ4n) is 4.92. The monoisotopic (exact) mass is 651 g/mol. The molecule has 0 saturated carbocycles. The van der Waals surface area contributed by atoms with E-state index in [1.807, 2.05) is 50.2 Å². The number of nitrogens with zero attached hydrogens (tertiary/aromatic N) is 2. The first-order chi connectivity index (χ1) is 21.0. The lowest BCUT2D eigenvalue weighted by atomic mass is 10.0. The van der Waals surface area contributed by atoms with E-state index in [-0.39, 0.29) is 23.8 Å². The molecular formula is C34H35Cl2N3O4S. The van der Waals surface area contributed by atoms with Crippen LogP contribution in [0.25, 0.3) is 0 Å². The van der Waals surface area contributed by atoms with Crippen molar-refractivity contribution in [2.75, 3.05) is 17.4 Å². The number of amides is 2. The smallest absolute Gasteiger partial charge is 0.264 e. The summed E-state index contributed by atoms with van der Waals surface area (Å²) < 4.78 is 29.4. The zero-order valence-electron chi connectivity index (χ0n) is 24.8. The fourth-order valence-corrected chi connectivity index (χ4v) is 6.88. The Bertz CT molecular complexity index is 1720. The van der Waals surface area contributed by atoms with Gasteiger partial charge >= 0.3 is 0 Å². The highest BCUT2D eigenvalue weighted by Crippen LogP contribution is 2.30. The third-order valence-electron chi connectivity index (χ3n) is 7.43. The van der Waals surface area contributed by atoms with Crippen molar-refractivity contribution in [2.24, 2.45) is 0 Å². The number of benzene rings is 4. The number of hydrogen-bond acceptors (Lipinski definition) is 4. The van der Waals surface area contributed by atoms with Gasteiger partial charge in [0.1, 0.15) is 12.6 Å². The zero-order chi connectivity index (χ0) is 31.9. The normalized spacial score (nSPS) is 11.9. The molecule has 44 heavy (non-hydrogen) atoms. The molecule has 0 aromatic heterocycles. The summed E-state index contributed by atoms with van der Waals surface area (Å²) in [5.74, 6) is -0.928. The molecule has 1 atom stereocenters. The lowest BCUT2D eigenvalue weighted by Gasteiger charge is -2.34. The van der Waals surface area contributed by atoms with Crippen LogP contribution in [0, 0.1) is 13.8 Å². The maximum Gasteiger partial charge on any atom is 0.264 e. The molecule has 7 nitrogen and oxygen atoms in total. The standard InChI is InChI=1S/C34H35Cl2N3O4S/c1-4-37-34(41)32(20-26-13-7-5-8-14-26)38(22-27-18-19-28(35)21-30(27)36)33(40)23-39(31-17-11-12-24(2)25(31)3)44(42,43)29-15-9-6-10-16-29/h5-19,21,32H,4,20,22-23H2,1-3H3,(H,37,41)/t32-/m1/s1. The molecule has 4 aromatic rings. The van der Waals surface area contributed by atoms with Crippen molar-refractivity contribution in [1.29, 1.82) is 0 Å². The summed E-state index contributed by atoms with van der Waals surface area (Å²) in [6.45, 7) is 5.26. The summed E-state index contributed by atoms with van der Waals surface area (Å²) in [5, 5.41) is 3.60. The number of aryl methyl sites for hydroxylation is 1. The summed E-state index contributed by atoms with van der Waals surface area (Å²) >= 11 is 12.7. The van der Waals surface area contributed by atoms with Crippen LogP contribution in [-0.2, 0) is 32.6 Å². The predicted octanol–water partition coefficient (Wildman–Crippen LogP) is 6.58. The SMILES string of the molecule is CCNC(=O)[C@@H](Cc1ccccc1)N(Cc1ccc(Cl)cc1Cl)C(=O)CN(c1cccc(C)c1C)S(=O)(=O)c1ccccc1. The van der Waals surface area contributed by atoms with E-state index in [1.54, 1.807) is 55.5 Å². The molecule has 0 fully saturated rings. The van der Waals surface area contributed by atoms with Crippen LogP contribution < -0.4 is 9.62 Å². The third-order valence-corrected chi connectivity index (χ3v) is 9.79. The molecule has 0 aliphatic carbocycles. The van der Waals surface area contributed by atoms with Gasteiger partial charge in [0.25, 0.3) is 10.0 Å². The minimum Gasteiger partial charge on any atom is -0.355 e. The third kappa shape index (κ3) is 7.80. The Kier molecular flexibility index (Phi) is 11.1. The van der Waals surface area contributed by atoms with E-state index in [0.717, 1.165) is 21.0 Å². The Hall–Kier alpha value is -3.85. The van der Waals surface area contributed by atoms with E-state index < -0.39 is 28.5 Å². The van der Waals surface area contributed by atoms with Crippen molar-refractivity contribution >= 4 is 50.7 Å². The molecule has 0 spiro atoms. The minimum absolute atomic E-state index is 0.0461. The van der Waals surface area contributed by atoms with Crippen LogP contribution >= 0.6 is 23.2 Å². The number of likely N-dealkylation sites (N-methyl/N-ethyl adjacent to an activating group) is 1. The van der Waals surface area contributed by atoms with Crippen LogP contribution in [0.2, 0.25) is 10.0 Å². The summed E-state index contributed by atoms with van der Waals surface area (Å²) in [4.78, 5) is 29.6. The van der Waals surface area contributed by atoms with Crippen molar-refractivity contribution in [3.8, 4) is 0 Å². The van der Waals surface area contributed by atoms with E-state index in [0.29, 0.717) is 27.8 Å². The summed E-state index contributed by atoms with van der Waals surface area (Å²) in [6.07, 6.45) is 0.207. The molecule has 2 amide bonds. The van der Waals surface area contributed by atoms with Gasteiger partial charge in [0.2, 0.25) is 11.8 Å². The van der Waals surface area contributed by atoms with E-state index in [1.165, 1.54) is 17.0 Å². The molecule has 0 unspecified atom stereocenters. The number of carbonyl (C=O) groups is 2. The van der Waals surface area contributed by atoms with Gasteiger partial charge in [-0.15, -0.1) is 0 Å². The molecule has 230 valence electrons. The van der Waals surface area contributed by atoms with Gasteiger partial charge in [-0.2, -0.15) is 0 Å². The van der Waals surface area contributed by atoms with Gasteiger partial charge in [-0.25, -0.2) is 8.42 Å². The minimum atomic E-state index is -4.18. The van der Waals surface area contributed by atoms with Crippen LogP contribution in [0.15, 0.2) is 102 Å². The van der Waals surface area contributed by atoms with Gasteiger partial charge in [-0.1, -0.05) is 89.9 Å². The van der Waals surface area contributed by atoms with Crippen molar-refractivity contribution in [2.45, 2.75) is 44.7 Å². The summed E-state index contributed by atoms with van der Waals surface area (Å²) in [5.41, 5.74) is 3.38. The number of nitrogens with one attached hydrogen (secondary N) is 1. The van der Waals surface area contributed by atoms with Gasteiger partial charge < -0.3 is 10.2 Å². The fraction of sp³-hybridized carbons (Fsp3) is 0.235. The number of anilines is 1. The van der Waals surface area contributed by atoms with Crippen LogP contribution in [-0.4, -0.2) is 44.3 Å². The van der Waals surface area contributed by atoms with E-state index >= 15 is 0 Å². The molecule has 4 rings (SSSR count). The average molecular weight is 653 g/mol. The number of carbonyl (C=O) groups excluding carboxylic acids is 2. The Balaban J connectivity index is 1.84. The highest BCUT2D eigenvalue weighted by Gasteiger charge is 2.35. The quantitative estimate of drug-likeness (QED) is 0.187. The number of halogens is 2. The Morgan fingerprint density at radius 3 is 2.16 bits per heavy atom. The number of hydrogen-bond donors (Lipinski definition) is 1. The average Bonchev–Trinajstić information content (AvgIpc) is 3.01. The Morgan fingerprint density at radius 2 is 1.52 bits per heavy atom. The summed E-state index contributed by atoms with van der Waals surface area (Å²) in [6, 6.07) is 26.6. The van der Waals surface area contributed by atoms with Crippen LogP contribution in [0.4, 0.5) is 5.69 Å². The number of rotatable bonds is 12. The molecule has 0 aliphatic rings. The van der Waals surface area contributed by atoms with Crippen LogP contribution in [0.1, 0.15) is 29.2 Å². The molecule has 1 N–H and O–H groups in total. The van der Waals surface area contributed by atoms with Crippen LogP contribution in [0.5, 0.6) is 0 Å². The van der Waals surface area contributed by atoms with Crippen molar-refractivity contribution < 1.29 is 18.0 Å². The largest absolute Gasteiger partial charge is 0.355 e. The lowest BCUT2D eigenvalue weighted by Crippen LogP contribution is -2.53. The van der Waals surface area contributed by atoms with Gasteiger partial charge in [-0.3, -0.25) is 13.9 Å². The predicted molar refractivity (Wildman–Crippen MR) is 177 cm³/mol. The first-order valence-electron chi connectivity index (χ1n) is 14.2. The molecule has 0 radical (unpaired) electrons. The molecule has 0 heterocycles. The van der Waals surface area contributed by atoms with E-state index in [4.69, 9.17) is 23.2 Å².